The number of carbonyl (C=O) groups excluding carboxylic acids is 2. The third-order valence-electron chi connectivity index (χ3n) is 3.96. The molecule has 0 heterocycles. The van der Waals surface area contributed by atoms with E-state index in [4.69, 9.17) is 4.74 Å². The van der Waals surface area contributed by atoms with E-state index < -0.39 is 0 Å². The second-order valence-corrected chi connectivity index (χ2v) is 7.80. The predicted octanol–water partition coefficient (Wildman–Crippen LogP) is 3.98. The SMILES string of the molecule is COc1cccc(CC(C)NC(=O)Nc2ccccc2C(=O)NC(C)(C)C)c1. The summed E-state index contributed by atoms with van der Waals surface area (Å²) < 4.78 is 5.23. The number of para-hydroxylation sites is 1. The molecule has 6 nitrogen and oxygen atoms in total. The van der Waals surface area contributed by atoms with Gasteiger partial charge in [-0.3, -0.25) is 4.79 Å². The van der Waals surface area contributed by atoms with Crippen LogP contribution in [-0.2, 0) is 6.42 Å². The van der Waals surface area contributed by atoms with Crippen molar-refractivity contribution in [3.05, 3.63) is 59.7 Å². The standard InChI is InChI=1S/C22H29N3O3/c1-15(13-16-9-8-10-17(14-16)28-5)23-21(27)24-19-12-7-6-11-18(19)20(26)25-22(2,3)4/h6-12,14-15H,13H2,1-5H3,(H,25,26)(H2,23,24,27). The number of hydrogen-bond acceptors (Lipinski definition) is 3. The summed E-state index contributed by atoms with van der Waals surface area (Å²) in [4.78, 5) is 24.9. The molecule has 0 saturated heterocycles. The van der Waals surface area contributed by atoms with Gasteiger partial charge >= 0.3 is 6.03 Å². The van der Waals surface area contributed by atoms with Crippen LogP contribution in [0.5, 0.6) is 5.75 Å². The predicted molar refractivity (Wildman–Crippen MR) is 112 cm³/mol. The molecule has 0 spiro atoms. The van der Waals surface area contributed by atoms with E-state index in [0.29, 0.717) is 17.7 Å². The molecule has 0 radical (unpaired) electrons. The quantitative estimate of drug-likeness (QED) is 0.706. The summed E-state index contributed by atoms with van der Waals surface area (Å²) in [6, 6.07) is 14.2. The van der Waals surface area contributed by atoms with Crippen LogP contribution in [0.15, 0.2) is 48.5 Å². The van der Waals surface area contributed by atoms with E-state index in [2.05, 4.69) is 16.0 Å². The zero-order valence-electron chi connectivity index (χ0n) is 17.1. The fourth-order valence-corrected chi connectivity index (χ4v) is 2.78. The van der Waals surface area contributed by atoms with E-state index in [-0.39, 0.29) is 23.5 Å². The van der Waals surface area contributed by atoms with Crippen molar-refractivity contribution in [2.45, 2.75) is 45.7 Å². The molecule has 3 amide bonds. The van der Waals surface area contributed by atoms with E-state index in [1.54, 1.807) is 31.4 Å². The smallest absolute Gasteiger partial charge is 0.319 e. The Kier molecular flexibility index (Phi) is 7.04. The van der Waals surface area contributed by atoms with E-state index in [1.807, 2.05) is 52.0 Å². The highest BCUT2D eigenvalue weighted by Crippen LogP contribution is 2.17. The molecular formula is C22H29N3O3. The highest BCUT2D eigenvalue weighted by atomic mass is 16.5. The first-order valence-corrected chi connectivity index (χ1v) is 9.30. The lowest BCUT2D eigenvalue weighted by molar-refractivity contribution is 0.0920. The Balaban J connectivity index is 2.00. The second kappa shape index (κ2) is 9.26. The van der Waals surface area contributed by atoms with Crippen molar-refractivity contribution in [3.8, 4) is 5.75 Å². The van der Waals surface area contributed by atoms with Gasteiger partial charge in [-0.05, 0) is 63.9 Å². The number of methoxy groups -OCH3 is 1. The summed E-state index contributed by atoms with van der Waals surface area (Å²) in [5.41, 5.74) is 1.60. The Labute approximate surface area is 166 Å². The van der Waals surface area contributed by atoms with Crippen molar-refractivity contribution >= 4 is 17.6 Å². The third kappa shape index (κ3) is 6.61. The van der Waals surface area contributed by atoms with E-state index in [9.17, 15) is 9.59 Å². The Morgan fingerprint density at radius 3 is 2.46 bits per heavy atom. The molecule has 1 atom stereocenters. The Morgan fingerprint density at radius 1 is 1.07 bits per heavy atom. The second-order valence-electron chi connectivity index (χ2n) is 7.80. The Morgan fingerprint density at radius 2 is 1.79 bits per heavy atom. The fourth-order valence-electron chi connectivity index (χ4n) is 2.78. The monoisotopic (exact) mass is 383 g/mol. The van der Waals surface area contributed by atoms with Gasteiger partial charge in [0.15, 0.2) is 0 Å². The van der Waals surface area contributed by atoms with Crippen LogP contribution in [0.3, 0.4) is 0 Å². The van der Waals surface area contributed by atoms with Crippen molar-refractivity contribution in [2.24, 2.45) is 0 Å². The number of nitrogens with one attached hydrogen (secondary N) is 3. The maximum Gasteiger partial charge on any atom is 0.319 e. The summed E-state index contributed by atoms with van der Waals surface area (Å²) in [5.74, 6) is 0.556. The van der Waals surface area contributed by atoms with Crippen LogP contribution < -0.4 is 20.7 Å². The molecule has 0 aliphatic rings. The van der Waals surface area contributed by atoms with Crippen LogP contribution in [0.1, 0.15) is 43.6 Å². The summed E-state index contributed by atoms with van der Waals surface area (Å²) in [6.45, 7) is 7.66. The molecule has 2 rings (SSSR count). The molecule has 150 valence electrons. The molecule has 0 aliphatic carbocycles. The van der Waals surface area contributed by atoms with E-state index in [1.165, 1.54) is 0 Å². The van der Waals surface area contributed by atoms with Crippen molar-refractivity contribution in [3.63, 3.8) is 0 Å². The van der Waals surface area contributed by atoms with Crippen molar-refractivity contribution < 1.29 is 14.3 Å². The van der Waals surface area contributed by atoms with Crippen LogP contribution in [0.25, 0.3) is 0 Å². The van der Waals surface area contributed by atoms with Crippen molar-refractivity contribution in [1.29, 1.82) is 0 Å². The fraction of sp³-hybridized carbons (Fsp3) is 0.364. The van der Waals surface area contributed by atoms with Gasteiger partial charge in [0.25, 0.3) is 5.91 Å². The van der Waals surface area contributed by atoms with Crippen LogP contribution in [0.2, 0.25) is 0 Å². The first-order chi connectivity index (χ1) is 13.2. The minimum atomic E-state index is -0.363. The summed E-state index contributed by atoms with van der Waals surface area (Å²) in [5, 5.41) is 8.60. The number of amides is 3. The molecule has 2 aromatic carbocycles. The zero-order valence-corrected chi connectivity index (χ0v) is 17.1. The normalized spacial score (nSPS) is 12.0. The van der Waals surface area contributed by atoms with Crippen LogP contribution >= 0.6 is 0 Å². The molecule has 0 fully saturated rings. The van der Waals surface area contributed by atoms with E-state index in [0.717, 1.165) is 11.3 Å². The van der Waals surface area contributed by atoms with Gasteiger partial charge in [0.2, 0.25) is 0 Å². The zero-order chi connectivity index (χ0) is 20.7. The van der Waals surface area contributed by atoms with Gasteiger partial charge in [0, 0.05) is 11.6 Å². The maximum atomic E-state index is 12.5. The first-order valence-electron chi connectivity index (χ1n) is 9.30. The molecule has 3 N–H and O–H groups in total. The Hall–Kier alpha value is -3.02. The minimum absolute atomic E-state index is 0.0947. The first kappa shape index (κ1) is 21.3. The number of rotatable bonds is 6. The number of carbonyl (C=O) groups is 2. The number of hydrogen-bond donors (Lipinski definition) is 3. The summed E-state index contributed by atoms with van der Waals surface area (Å²) in [7, 11) is 1.63. The van der Waals surface area contributed by atoms with Crippen LogP contribution in [-0.4, -0.2) is 30.6 Å². The van der Waals surface area contributed by atoms with Gasteiger partial charge in [-0.25, -0.2) is 4.79 Å². The van der Waals surface area contributed by atoms with Crippen molar-refractivity contribution in [2.75, 3.05) is 12.4 Å². The van der Waals surface area contributed by atoms with Crippen LogP contribution in [0.4, 0.5) is 10.5 Å². The topological polar surface area (TPSA) is 79.5 Å². The van der Waals surface area contributed by atoms with Crippen molar-refractivity contribution in [1.82, 2.24) is 10.6 Å². The lowest BCUT2D eigenvalue weighted by Gasteiger charge is -2.22. The number of benzene rings is 2. The number of urea groups is 1. The summed E-state index contributed by atoms with van der Waals surface area (Å²) in [6.07, 6.45) is 0.663. The largest absolute Gasteiger partial charge is 0.497 e. The third-order valence-corrected chi connectivity index (χ3v) is 3.96. The lowest BCUT2D eigenvalue weighted by atomic mass is 10.1. The molecule has 0 bridgehead atoms. The Bertz CT molecular complexity index is 828. The molecule has 1 unspecified atom stereocenters. The molecule has 2 aromatic rings. The number of anilines is 1. The van der Waals surface area contributed by atoms with Gasteiger partial charge in [-0.2, -0.15) is 0 Å². The average molecular weight is 383 g/mol. The van der Waals surface area contributed by atoms with Gasteiger partial charge < -0.3 is 20.7 Å². The van der Waals surface area contributed by atoms with Gasteiger partial charge in [0.1, 0.15) is 5.75 Å². The van der Waals surface area contributed by atoms with E-state index >= 15 is 0 Å². The molecular weight excluding hydrogens is 354 g/mol. The summed E-state index contributed by atoms with van der Waals surface area (Å²) >= 11 is 0. The van der Waals surface area contributed by atoms with Crippen LogP contribution in [0, 0.1) is 0 Å². The highest BCUT2D eigenvalue weighted by Gasteiger charge is 2.19. The van der Waals surface area contributed by atoms with Gasteiger partial charge in [-0.1, -0.05) is 24.3 Å². The maximum absolute atomic E-state index is 12.5. The molecule has 0 aliphatic heterocycles. The minimum Gasteiger partial charge on any atom is -0.497 e. The lowest BCUT2D eigenvalue weighted by Crippen LogP contribution is -2.41. The molecule has 0 saturated carbocycles. The van der Waals surface area contributed by atoms with Gasteiger partial charge in [0.05, 0.1) is 18.4 Å². The number of ether oxygens (including phenoxy) is 1. The highest BCUT2D eigenvalue weighted by molar-refractivity contribution is 6.03. The molecule has 6 heteroatoms. The average Bonchev–Trinajstić information content (AvgIpc) is 2.60. The van der Waals surface area contributed by atoms with Gasteiger partial charge in [-0.15, -0.1) is 0 Å². The molecule has 28 heavy (non-hydrogen) atoms. The molecule has 0 aromatic heterocycles.